The number of nitrogens with zero attached hydrogens (tertiary/aromatic N) is 1. The van der Waals surface area contributed by atoms with Crippen molar-refractivity contribution in [3.63, 3.8) is 0 Å². The topological polar surface area (TPSA) is 70.7 Å². The number of hydrogen-bond donors (Lipinski definition) is 2. The van der Waals surface area contributed by atoms with Crippen molar-refractivity contribution >= 4 is 24.2 Å². The largest absolute Gasteiger partial charge is 0.383 e. The molecule has 20 heavy (non-hydrogen) atoms. The number of hydrogen-bond acceptors (Lipinski definition) is 4. The molecule has 0 unspecified atom stereocenters. The van der Waals surface area contributed by atoms with Crippen molar-refractivity contribution < 1.29 is 14.3 Å². The third-order valence-electron chi connectivity index (χ3n) is 3.14. The number of rotatable bonds is 8. The third kappa shape index (κ3) is 8.35. The van der Waals surface area contributed by atoms with Crippen LogP contribution in [0.1, 0.15) is 25.7 Å². The average Bonchev–Trinajstić information content (AvgIpc) is 2.44. The van der Waals surface area contributed by atoms with Crippen LogP contribution in [-0.4, -0.2) is 63.2 Å². The van der Waals surface area contributed by atoms with Gasteiger partial charge in [-0.1, -0.05) is 0 Å². The Morgan fingerprint density at radius 1 is 1.15 bits per heavy atom. The molecule has 2 amide bonds. The van der Waals surface area contributed by atoms with E-state index in [9.17, 15) is 9.59 Å². The minimum atomic E-state index is -0.0810. The quantitative estimate of drug-likeness (QED) is 0.627. The lowest BCUT2D eigenvalue weighted by Gasteiger charge is -2.26. The Labute approximate surface area is 127 Å². The van der Waals surface area contributed by atoms with E-state index in [-0.39, 0.29) is 30.8 Å². The van der Waals surface area contributed by atoms with E-state index in [4.69, 9.17) is 4.74 Å². The molecule has 6 nitrogen and oxygen atoms in total. The Kier molecular flexibility index (Phi) is 11.4. The van der Waals surface area contributed by atoms with Crippen molar-refractivity contribution in [1.82, 2.24) is 15.5 Å². The SMILES string of the molecule is COCCNCC(=O)NCCC(=O)N1CCCCC1.Cl. The van der Waals surface area contributed by atoms with E-state index >= 15 is 0 Å². The highest BCUT2D eigenvalue weighted by atomic mass is 35.5. The highest BCUT2D eigenvalue weighted by Crippen LogP contribution is 2.09. The first-order valence-electron chi connectivity index (χ1n) is 6.98. The molecule has 1 heterocycles. The molecule has 0 aromatic heterocycles. The molecule has 1 saturated heterocycles. The molecule has 118 valence electrons. The van der Waals surface area contributed by atoms with Gasteiger partial charge in [0, 0.05) is 39.7 Å². The van der Waals surface area contributed by atoms with E-state index in [2.05, 4.69) is 10.6 Å². The molecule has 0 aromatic rings. The van der Waals surface area contributed by atoms with Gasteiger partial charge in [-0.3, -0.25) is 9.59 Å². The van der Waals surface area contributed by atoms with Gasteiger partial charge in [-0.2, -0.15) is 0 Å². The molecule has 0 aliphatic carbocycles. The molecule has 0 atom stereocenters. The Hall–Kier alpha value is -0.850. The Morgan fingerprint density at radius 3 is 2.50 bits per heavy atom. The van der Waals surface area contributed by atoms with Gasteiger partial charge in [0.25, 0.3) is 0 Å². The number of carbonyl (C=O) groups is 2. The van der Waals surface area contributed by atoms with Crippen molar-refractivity contribution in [2.45, 2.75) is 25.7 Å². The minimum Gasteiger partial charge on any atom is -0.383 e. The summed E-state index contributed by atoms with van der Waals surface area (Å²) in [7, 11) is 1.62. The van der Waals surface area contributed by atoms with E-state index in [1.165, 1.54) is 6.42 Å². The summed E-state index contributed by atoms with van der Waals surface area (Å²) in [5.41, 5.74) is 0. The zero-order chi connectivity index (χ0) is 13.9. The maximum absolute atomic E-state index is 11.8. The first-order valence-corrected chi connectivity index (χ1v) is 6.98. The third-order valence-corrected chi connectivity index (χ3v) is 3.14. The highest BCUT2D eigenvalue weighted by Gasteiger charge is 2.15. The number of ether oxygens (including phenoxy) is 1. The fourth-order valence-corrected chi connectivity index (χ4v) is 2.05. The van der Waals surface area contributed by atoms with Gasteiger partial charge in [-0.05, 0) is 19.3 Å². The van der Waals surface area contributed by atoms with Crippen molar-refractivity contribution in [3.05, 3.63) is 0 Å². The van der Waals surface area contributed by atoms with Gasteiger partial charge in [-0.15, -0.1) is 12.4 Å². The predicted molar refractivity (Wildman–Crippen MR) is 80.1 cm³/mol. The molecule has 0 saturated carbocycles. The van der Waals surface area contributed by atoms with Gasteiger partial charge in [0.2, 0.25) is 11.8 Å². The second-order valence-electron chi connectivity index (χ2n) is 4.71. The summed E-state index contributed by atoms with van der Waals surface area (Å²) in [6, 6.07) is 0. The molecule has 0 bridgehead atoms. The number of likely N-dealkylation sites (tertiary alicyclic amines) is 1. The van der Waals surface area contributed by atoms with Crippen LogP contribution in [0.15, 0.2) is 0 Å². The number of carbonyl (C=O) groups excluding carboxylic acids is 2. The van der Waals surface area contributed by atoms with Crippen LogP contribution in [0.25, 0.3) is 0 Å². The van der Waals surface area contributed by atoms with E-state index < -0.39 is 0 Å². The van der Waals surface area contributed by atoms with Gasteiger partial charge >= 0.3 is 0 Å². The fourth-order valence-electron chi connectivity index (χ4n) is 2.05. The second-order valence-corrected chi connectivity index (χ2v) is 4.71. The van der Waals surface area contributed by atoms with E-state index in [0.29, 0.717) is 26.1 Å². The Morgan fingerprint density at radius 2 is 1.85 bits per heavy atom. The monoisotopic (exact) mass is 307 g/mol. The van der Waals surface area contributed by atoms with E-state index in [1.807, 2.05) is 4.90 Å². The van der Waals surface area contributed by atoms with E-state index in [0.717, 1.165) is 25.9 Å². The zero-order valence-corrected chi connectivity index (χ0v) is 13.0. The summed E-state index contributed by atoms with van der Waals surface area (Å²) in [6.07, 6.45) is 3.81. The van der Waals surface area contributed by atoms with Gasteiger partial charge in [0.05, 0.1) is 13.2 Å². The highest BCUT2D eigenvalue weighted by molar-refractivity contribution is 5.85. The van der Waals surface area contributed by atoms with Gasteiger partial charge in [-0.25, -0.2) is 0 Å². The minimum absolute atomic E-state index is 0. The number of amides is 2. The number of halogens is 1. The zero-order valence-electron chi connectivity index (χ0n) is 12.2. The van der Waals surface area contributed by atoms with Crippen LogP contribution in [-0.2, 0) is 14.3 Å². The number of methoxy groups -OCH3 is 1. The van der Waals surface area contributed by atoms with Crippen LogP contribution in [0.5, 0.6) is 0 Å². The number of piperidine rings is 1. The molecule has 1 rings (SSSR count). The van der Waals surface area contributed by atoms with Crippen LogP contribution in [0.2, 0.25) is 0 Å². The lowest BCUT2D eigenvalue weighted by molar-refractivity contribution is -0.132. The van der Waals surface area contributed by atoms with Crippen molar-refractivity contribution in [1.29, 1.82) is 0 Å². The molecule has 7 heteroatoms. The fraction of sp³-hybridized carbons (Fsp3) is 0.846. The van der Waals surface area contributed by atoms with Gasteiger partial charge < -0.3 is 20.3 Å². The molecular formula is C13H26ClN3O3. The van der Waals surface area contributed by atoms with Crippen LogP contribution >= 0.6 is 12.4 Å². The maximum Gasteiger partial charge on any atom is 0.233 e. The Bertz CT molecular complexity index is 284. The maximum atomic E-state index is 11.8. The van der Waals surface area contributed by atoms with Crippen LogP contribution in [0, 0.1) is 0 Å². The lowest BCUT2D eigenvalue weighted by atomic mass is 10.1. The first kappa shape index (κ1) is 19.1. The normalized spacial score (nSPS) is 14.6. The molecule has 0 spiro atoms. The number of nitrogens with one attached hydrogen (secondary N) is 2. The smallest absolute Gasteiger partial charge is 0.233 e. The van der Waals surface area contributed by atoms with Crippen molar-refractivity contribution in [2.24, 2.45) is 0 Å². The average molecular weight is 308 g/mol. The predicted octanol–water partition coefficient (Wildman–Crippen LogP) is 0.163. The van der Waals surface area contributed by atoms with Gasteiger partial charge in [0.1, 0.15) is 0 Å². The van der Waals surface area contributed by atoms with E-state index in [1.54, 1.807) is 7.11 Å². The summed E-state index contributed by atoms with van der Waals surface area (Å²) in [4.78, 5) is 25.1. The molecule has 0 radical (unpaired) electrons. The molecule has 2 N–H and O–H groups in total. The molecular weight excluding hydrogens is 282 g/mol. The second kappa shape index (κ2) is 11.9. The summed E-state index contributed by atoms with van der Waals surface area (Å²) < 4.78 is 4.86. The molecule has 1 aliphatic heterocycles. The summed E-state index contributed by atoms with van der Waals surface area (Å²) in [6.45, 7) is 3.65. The summed E-state index contributed by atoms with van der Waals surface area (Å²) >= 11 is 0. The van der Waals surface area contributed by atoms with Crippen molar-refractivity contribution in [2.75, 3.05) is 46.4 Å². The Balaban J connectivity index is 0.00000361. The lowest BCUT2D eigenvalue weighted by Crippen LogP contribution is -2.39. The first-order chi connectivity index (χ1) is 9.24. The molecule has 0 aromatic carbocycles. The summed E-state index contributed by atoms with van der Waals surface area (Å²) in [5.74, 6) is 0.0647. The van der Waals surface area contributed by atoms with Crippen LogP contribution in [0.4, 0.5) is 0 Å². The van der Waals surface area contributed by atoms with Crippen molar-refractivity contribution in [3.8, 4) is 0 Å². The summed E-state index contributed by atoms with van der Waals surface area (Å²) in [5, 5.41) is 5.70. The molecule has 1 aliphatic rings. The standard InChI is InChI=1S/C13H25N3O3.ClH/c1-19-10-7-14-11-12(17)15-6-5-13(18)16-8-3-2-4-9-16;/h14H,2-11H2,1H3,(H,15,17);1H. The van der Waals surface area contributed by atoms with Crippen LogP contribution < -0.4 is 10.6 Å². The van der Waals surface area contributed by atoms with Gasteiger partial charge in [0.15, 0.2) is 0 Å². The molecule has 1 fully saturated rings. The van der Waals surface area contributed by atoms with Crippen LogP contribution in [0.3, 0.4) is 0 Å².